The van der Waals surface area contributed by atoms with E-state index in [9.17, 15) is 15.2 Å². The van der Waals surface area contributed by atoms with Gasteiger partial charge in [-0.3, -0.25) is 10.1 Å². The van der Waals surface area contributed by atoms with Crippen LogP contribution in [0.2, 0.25) is 5.02 Å². The Morgan fingerprint density at radius 1 is 1.45 bits per heavy atom. The molecular weight excluding hydrogens is 280 g/mol. The Morgan fingerprint density at radius 3 is 2.80 bits per heavy atom. The van der Waals surface area contributed by atoms with Crippen molar-refractivity contribution in [3.8, 4) is 0 Å². The van der Waals surface area contributed by atoms with E-state index in [4.69, 9.17) is 11.6 Å². The van der Waals surface area contributed by atoms with Crippen molar-refractivity contribution in [1.29, 1.82) is 0 Å². The Labute approximate surface area is 123 Å². The molecule has 0 heterocycles. The van der Waals surface area contributed by atoms with Crippen molar-refractivity contribution in [1.82, 2.24) is 0 Å². The van der Waals surface area contributed by atoms with Gasteiger partial charge in [-0.25, -0.2) is 0 Å². The standard InChI is InChI=1S/C14H19ClN2O3/c1-9-6-13(17(19)20)11(15)7-12(9)16-8-10-4-2-3-5-14(10)18/h6-7,10,14,16,18H,2-5,8H2,1H3. The van der Waals surface area contributed by atoms with E-state index in [1.807, 2.05) is 6.92 Å². The summed E-state index contributed by atoms with van der Waals surface area (Å²) in [6.45, 7) is 2.47. The van der Waals surface area contributed by atoms with Crippen LogP contribution in [0.15, 0.2) is 12.1 Å². The fourth-order valence-corrected chi connectivity index (χ4v) is 2.90. The Hall–Kier alpha value is -1.33. The molecule has 0 bridgehead atoms. The number of aryl methyl sites for hydroxylation is 1. The van der Waals surface area contributed by atoms with Crippen LogP contribution in [0.4, 0.5) is 11.4 Å². The van der Waals surface area contributed by atoms with Crippen molar-refractivity contribution in [3.05, 3.63) is 32.8 Å². The number of nitro groups is 1. The van der Waals surface area contributed by atoms with Crippen LogP contribution in [-0.2, 0) is 0 Å². The first-order valence-electron chi connectivity index (χ1n) is 6.85. The molecule has 5 nitrogen and oxygen atoms in total. The molecular formula is C14H19ClN2O3. The fourth-order valence-electron chi connectivity index (χ4n) is 2.66. The summed E-state index contributed by atoms with van der Waals surface area (Å²) in [5.41, 5.74) is 1.50. The lowest BCUT2D eigenvalue weighted by molar-refractivity contribution is -0.384. The van der Waals surface area contributed by atoms with Crippen molar-refractivity contribution in [2.24, 2.45) is 5.92 Å². The molecule has 0 saturated heterocycles. The van der Waals surface area contributed by atoms with E-state index < -0.39 is 4.92 Å². The number of benzene rings is 1. The summed E-state index contributed by atoms with van der Waals surface area (Å²) in [5.74, 6) is 0.233. The van der Waals surface area contributed by atoms with Gasteiger partial charge in [-0.05, 0) is 31.4 Å². The van der Waals surface area contributed by atoms with Crippen molar-refractivity contribution >= 4 is 23.0 Å². The van der Waals surface area contributed by atoms with Crippen LogP contribution in [0.5, 0.6) is 0 Å². The minimum atomic E-state index is -0.482. The van der Waals surface area contributed by atoms with Crippen LogP contribution < -0.4 is 5.32 Å². The molecule has 2 atom stereocenters. The zero-order valence-electron chi connectivity index (χ0n) is 11.4. The summed E-state index contributed by atoms with van der Waals surface area (Å²) in [6.07, 6.45) is 3.83. The van der Waals surface area contributed by atoms with Crippen LogP contribution >= 0.6 is 11.6 Å². The lowest BCUT2D eigenvalue weighted by Crippen LogP contribution is -2.30. The predicted molar refractivity (Wildman–Crippen MR) is 79.3 cm³/mol. The summed E-state index contributed by atoms with van der Waals surface area (Å²) in [7, 11) is 0. The highest BCUT2D eigenvalue weighted by molar-refractivity contribution is 6.33. The number of rotatable bonds is 4. The normalized spacial score (nSPS) is 22.6. The van der Waals surface area contributed by atoms with Crippen LogP contribution in [0.25, 0.3) is 0 Å². The number of aliphatic hydroxyl groups excluding tert-OH is 1. The van der Waals surface area contributed by atoms with Gasteiger partial charge in [-0.2, -0.15) is 0 Å². The van der Waals surface area contributed by atoms with E-state index in [1.165, 1.54) is 6.07 Å². The Morgan fingerprint density at radius 2 is 2.15 bits per heavy atom. The monoisotopic (exact) mass is 298 g/mol. The lowest BCUT2D eigenvalue weighted by atomic mass is 9.86. The van der Waals surface area contributed by atoms with Crippen LogP contribution in [0.1, 0.15) is 31.2 Å². The van der Waals surface area contributed by atoms with E-state index in [0.29, 0.717) is 6.54 Å². The third-order valence-electron chi connectivity index (χ3n) is 3.91. The number of halogens is 1. The SMILES string of the molecule is Cc1cc([N+](=O)[O-])c(Cl)cc1NCC1CCCCC1O. The molecule has 0 aromatic heterocycles. The minimum absolute atomic E-state index is 0.0765. The molecule has 0 aliphatic heterocycles. The Bertz CT molecular complexity index is 507. The van der Waals surface area contributed by atoms with Crippen molar-refractivity contribution in [2.75, 3.05) is 11.9 Å². The van der Waals surface area contributed by atoms with Gasteiger partial charge in [0.05, 0.1) is 11.0 Å². The first-order chi connectivity index (χ1) is 9.49. The zero-order chi connectivity index (χ0) is 14.7. The molecule has 1 saturated carbocycles. The van der Waals surface area contributed by atoms with Crippen molar-refractivity contribution in [2.45, 2.75) is 38.7 Å². The molecule has 20 heavy (non-hydrogen) atoms. The minimum Gasteiger partial charge on any atom is -0.393 e. The van der Waals surface area contributed by atoms with Crippen LogP contribution in [-0.4, -0.2) is 22.7 Å². The smallest absolute Gasteiger partial charge is 0.288 e. The number of hydrogen-bond acceptors (Lipinski definition) is 4. The van der Waals surface area contributed by atoms with E-state index >= 15 is 0 Å². The second-order valence-electron chi connectivity index (χ2n) is 5.37. The van der Waals surface area contributed by atoms with Gasteiger partial charge in [0.1, 0.15) is 5.02 Å². The molecule has 1 aromatic rings. The van der Waals surface area contributed by atoms with Crippen molar-refractivity contribution < 1.29 is 10.0 Å². The zero-order valence-corrected chi connectivity index (χ0v) is 12.2. The molecule has 1 aromatic carbocycles. The van der Waals surface area contributed by atoms with E-state index in [0.717, 1.165) is 36.9 Å². The molecule has 0 radical (unpaired) electrons. The number of hydrogen-bond donors (Lipinski definition) is 2. The van der Waals surface area contributed by atoms with Gasteiger partial charge in [-0.1, -0.05) is 24.4 Å². The number of anilines is 1. The largest absolute Gasteiger partial charge is 0.393 e. The summed E-state index contributed by atoms with van der Waals surface area (Å²) in [6, 6.07) is 3.06. The molecule has 2 rings (SSSR count). The summed E-state index contributed by atoms with van der Waals surface area (Å²) in [4.78, 5) is 10.3. The fraction of sp³-hybridized carbons (Fsp3) is 0.571. The highest BCUT2D eigenvalue weighted by Crippen LogP contribution is 2.31. The van der Waals surface area contributed by atoms with E-state index in [1.54, 1.807) is 6.07 Å². The quantitative estimate of drug-likeness (QED) is 0.659. The van der Waals surface area contributed by atoms with Crippen molar-refractivity contribution in [3.63, 3.8) is 0 Å². The molecule has 2 unspecified atom stereocenters. The van der Waals surface area contributed by atoms with Gasteiger partial charge in [0.15, 0.2) is 0 Å². The van der Waals surface area contributed by atoms with Gasteiger partial charge in [0, 0.05) is 24.2 Å². The summed E-state index contributed by atoms with van der Waals surface area (Å²) in [5, 5.41) is 24.1. The predicted octanol–water partition coefficient (Wildman–Crippen LogP) is 3.52. The number of nitrogens with one attached hydrogen (secondary N) is 1. The molecule has 2 N–H and O–H groups in total. The molecule has 1 aliphatic carbocycles. The first kappa shape index (κ1) is 15.1. The second kappa shape index (κ2) is 6.41. The molecule has 6 heteroatoms. The van der Waals surface area contributed by atoms with Gasteiger partial charge in [0.2, 0.25) is 0 Å². The lowest BCUT2D eigenvalue weighted by Gasteiger charge is -2.28. The topological polar surface area (TPSA) is 75.4 Å². The first-order valence-corrected chi connectivity index (χ1v) is 7.23. The van der Waals surface area contributed by atoms with Crippen LogP contribution in [0.3, 0.4) is 0 Å². The molecule has 1 aliphatic rings. The maximum absolute atomic E-state index is 10.8. The highest BCUT2D eigenvalue weighted by Gasteiger charge is 2.23. The van der Waals surface area contributed by atoms with Gasteiger partial charge in [-0.15, -0.1) is 0 Å². The highest BCUT2D eigenvalue weighted by atomic mass is 35.5. The average molecular weight is 299 g/mol. The van der Waals surface area contributed by atoms with Crippen LogP contribution in [0, 0.1) is 23.0 Å². The van der Waals surface area contributed by atoms with E-state index in [-0.39, 0.29) is 22.7 Å². The van der Waals surface area contributed by atoms with Gasteiger partial charge < -0.3 is 10.4 Å². The number of nitro benzene ring substituents is 1. The van der Waals surface area contributed by atoms with E-state index in [2.05, 4.69) is 5.32 Å². The maximum atomic E-state index is 10.8. The third kappa shape index (κ3) is 3.41. The summed E-state index contributed by atoms with van der Waals surface area (Å²) >= 11 is 5.92. The Kier molecular flexibility index (Phi) is 4.83. The molecule has 0 spiro atoms. The third-order valence-corrected chi connectivity index (χ3v) is 4.22. The molecule has 0 amide bonds. The molecule has 1 fully saturated rings. The number of aliphatic hydroxyl groups is 1. The average Bonchev–Trinajstić information content (AvgIpc) is 2.40. The molecule has 110 valence electrons. The summed E-state index contributed by atoms with van der Waals surface area (Å²) < 4.78 is 0. The van der Waals surface area contributed by atoms with Gasteiger partial charge in [0.25, 0.3) is 5.69 Å². The van der Waals surface area contributed by atoms with Gasteiger partial charge >= 0.3 is 0 Å². The maximum Gasteiger partial charge on any atom is 0.288 e. The number of nitrogens with zero attached hydrogens (tertiary/aromatic N) is 1. The second-order valence-corrected chi connectivity index (χ2v) is 5.78. The Balaban J connectivity index is 2.06.